The van der Waals surface area contributed by atoms with E-state index in [1.807, 2.05) is 19.1 Å². The molecule has 1 atom stereocenters. The maximum absolute atomic E-state index is 11.6. The molecule has 1 aromatic rings. The number of ether oxygens (including phenoxy) is 1. The number of carbonyl (C=O) groups is 1. The van der Waals surface area contributed by atoms with Crippen molar-refractivity contribution in [2.45, 2.75) is 39.2 Å². The summed E-state index contributed by atoms with van der Waals surface area (Å²) in [6.45, 7) is 7.78. The average Bonchev–Trinajstić information content (AvgIpc) is 2.45. The highest BCUT2D eigenvalue weighted by Gasteiger charge is 2.08. The molecule has 0 aliphatic rings. The van der Waals surface area contributed by atoms with Crippen LogP contribution in [0.2, 0.25) is 0 Å². The monoisotopic (exact) mass is 314 g/mol. The Morgan fingerprint density at radius 2 is 1.81 bits per heavy atom. The van der Waals surface area contributed by atoms with Gasteiger partial charge in [0.1, 0.15) is 0 Å². The van der Waals surface area contributed by atoms with Crippen LogP contribution in [0.15, 0.2) is 24.3 Å². The van der Waals surface area contributed by atoms with Crippen LogP contribution in [0.4, 0.5) is 0 Å². The SMILES string of the molecule is CCOCCC(=O)NCC(N)c1ccc(C(C)C)cc1.Cl. The van der Waals surface area contributed by atoms with E-state index in [2.05, 4.69) is 31.3 Å². The number of benzene rings is 1. The number of hydrogen-bond donors (Lipinski definition) is 2. The fourth-order valence-electron chi connectivity index (χ4n) is 1.87. The lowest BCUT2D eigenvalue weighted by Crippen LogP contribution is -2.32. The van der Waals surface area contributed by atoms with Crippen LogP contribution >= 0.6 is 12.4 Å². The van der Waals surface area contributed by atoms with Gasteiger partial charge in [-0.1, -0.05) is 38.1 Å². The van der Waals surface area contributed by atoms with Crippen molar-refractivity contribution in [2.24, 2.45) is 5.73 Å². The molecule has 4 nitrogen and oxygen atoms in total. The van der Waals surface area contributed by atoms with Gasteiger partial charge in [0.25, 0.3) is 0 Å². The first-order chi connectivity index (χ1) is 9.54. The van der Waals surface area contributed by atoms with Crippen molar-refractivity contribution in [3.05, 3.63) is 35.4 Å². The van der Waals surface area contributed by atoms with Gasteiger partial charge in [0.05, 0.1) is 6.61 Å². The molecule has 1 rings (SSSR count). The second-order valence-electron chi connectivity index (χ2n) is 5.18. The first-order valence-electron chi connectivity index (χ1n) is 7.24. The smallest absolute Gasteiger partial charge is 0.222 e. The van der Waals surface area contributed by atoms with Crippen LogP contribution in [0.5, 0.6) is 0 Å². The van der Waals surface area contributed by atoms with Gasteiger partial charge in [-0.15, -0.1) is 12.4 Å². The number of halogens is 1. The zero-order valence-electron chi connectivity index (χ0n) is 13.1. The summed E-state index contributed by atoms with van der Waals surface area (Å²) in [4.78, 5) is 11.6. The Morgan fingerprint density at radius 3 is 2.33 bits per heavy atom. The molecule has 120 valence electrons. The van der Waals surface area contributed by atoms with Gasteiger partial charge < -0.3 is 15.8 Å². The first kappa shape index (κ1) is 19.9. The topological polar surface area (TPSA) is 64.3 Å². The van der Waals surface area contributed by atoms with E-state index in [4.69, 9.17) is 10.5 Å². The van der Waals surface area contributed by atoms with Gasteiger partial charge in [-0.3, -0.25) is 4.79 Å². The zero-order chi connectivity index (χ0) is 15.0. The molecule has 0 aliphatic heterocycles. The van der Waals surface area contributed by atoms with E-state index in [1.54, 1.807) is 0 Å². The molecule has 0 saturated heterocycles. The van der Waals surface area contributed by atoms with E-state index in [0.29, 0.717) is 32.1 Å². The molecular formula is C16H27ClN2O2. The van der Waals surface area contributed by atoms with E-state index in [1.165, 1.54) is 5.56 Å². The van der Waals surface area contributed by atoms with Crippen molar-refractivity contribution in [3.8, 4) is 0 Å². The van der Waals surface area contributed by atoms with Crippen LogP contribution < -0.4 is 11.1 Å². The molecule has 3 N–H and O–H groups in total. The fraction of sp³-hybridized carbons (Fsp3) is 0.562. The second-order valence-corrected chi connectivity index (χ2v) is 5.18. The van der Waals surface area contributed by atoms with Crippen molar-refractivity contribution < 1.29 is 9.53 Å². The van der Waals surface area contributed by atoms with Gasteiger partial charge in [0, 0.05) is 25.6 Å². The molecule has 1 aromatic carbocycles. The molecule has 0 spiro atoms. The third kappa shape index (κ3) is 7.46. The first-order valence-corrected chi connectivity index (χ1v) is 7.24. The minimum Gasteiger partial charge on any atom is -0.381 e. The van der Waals surface area contributed by atoms with Crippen molar-refractivity contribution in [3.63, 3.8) is 0 Å². The summed E-state index contributed by atoms with van der Waals surface area (Å²) < 4.78 is 5.14. The lowest BCUT2D eigenvalue weighted by atomic mass is 9.99. The molecule has 0 radical (unpaired) electrons. The Kier molecular flexibility index (Phi) is 10.0. The highest BCUT2D eigenvalue weighted by Crippen LogP contribution is 2.17. The maximum atomic E-state index is 11.6. The predicted octanol–water partition coefficient (Wildman–Crippen LogP) is 2.77. The molecule has 0 aromatic heterocycles. The summed E-state index contributed by atoms with van der Waals surface area (Å²) in [5.74, 6) is 0.492. The van der Waals surface area contributed by atoms with Gasteiger partial charge in [-0.05, 0) is 24.0 Å². The van der Waals surface area contributed by atoms with Crippen molar-refractivity contribution >= 4 is 18.3 Å². The lowest BCUT2D eigenvalue weighted by molar-refractivity contribution is -0.122. The Bertz CT molecular complexity index is 407. The standard InChI is InChI=1S/C16H26N2O2.ClH/c1-4-20-10-9-16(19)18-11-15(17)14-7-5-13(6-8-14)12(2)3;/h5-8,12,15H,4,9-11,17H2,1-3H3,(H,18,19);1H. The van der Waals surface area contributed by atoms with Crippen LogP contribution in [-0.4, -0.2) is 25.7 Å². The third-order valence-electron chi connectivity index (χ3n) is 3.23. The summed E-state index contributed by atoms with van der Waals surface area (Å²) in [5, 5.41) is 2.83. The molecule has 5 heteroatoms. The molecule has 0 heterocycles. The third-order valence-corrected chi connectivity index (χ3v) is 3.23. The largest absolute Gasteiger partial charge is 0.381 e. The number of hydrogen-bond acceptors (Lipinski definition) is 3. The summed E-state index contributed by atoms with van der Waals surface area (Å²) in [6.07, 6.45) is 0.382. The van der Waals surface area contributed by atoms with E-state index in [9.17, 15) is 4.79 Å². The molecule has 0 aliphatic carbocycles. The van der Waals surface area contributed by atoms with E-state index in [0.717, 1.165) is 5.56 Å². The summed E-state index contributed by atoms with van der Waals surface area (Å²) in [5.41, 5.74) is 8.41. The average molecular weight is 315 g/mol. The highest BCUT2D eigenvalue weighted by molar-refractivity contribution is 5.85. The van der Waals surface area contributed by atoms with Crippen LogP contribution in [-0.2, 0) is 9.53 Å². The van der Waals surface area contributed by atoms with Crippen molar-refractivity contribution in [2.75, 3.05) is 19.8 Å². The molecule has 0 saturated carbocycles. The van der Waals surface area contributed by atoms with Gasteiger partial charge in [-0.2, -0.15) is 0 Å². The molecule has 21 heavy (non-hydrogen) atoms. The van der Waals surface area contributed by atoms with Gasteiger partial charge in [-0.25, -0.2) is 0 Å². The van der Waals surface area contributed by atoms with Crippen molar-refractivity contribution in [1.29, 1.82) is 0 Å². The van der Waals surface area contributed by atoms with Gasteiger partial charge in [0.15, 0.2) is 0 Å². The number of nitrogens with one attached hydrogen (secondary N) is 1. The van der Waals surface area contributed by atoms with E-state index in [-0.39, 0.29) is 24.4 Å². The maximum Gasteiger partial charge on any atom is 0.222 e. The minimum absolute atomic E-state index is 0. The number of amides is 1. The zero-order valence-corrected chi connectivity index (χ0v) is 13.9. The Balaban J connectivity index is 0.00000400. The summed E-state index contributed by atoms with van der Waals surface area (Å²) >= 11 is 0. The van der Waals surface area contributed by atoms with Gasteiger partial charge in [0.2, 0.25) is 5.91 Å². The highest BCUT2D eigenvalue weighted by atomic mass is 35.5. The minimum atomic E-state index is -0.174. The van der Waals surface area contributed by atoms with E-state index < -0.39 is 0 Å². The lowest BCUT2D eigenvalue weighted by Gasteiger charge is -2.14. The van der Waals surface area contributed by atoms with Gasteiger partial charge >= 0.3 is 0 Å². The Morgan fingerprint density at radius 1 is 1.24 bits per heavy atom. The summed E-state index contributed by atoms with van der Waals surface area (Å²) in [7, 11) is 0. The normalized spacial score (nSPS) is 11.9. The second kappa shape index (κ2) is 10.6. The number of rotatable bonds is 8. The number of nitrogens with two attached hydrogens (primary N) is 1. The summed E-state index contributed by atoms with van der Waals surface area (Å²) in [6, 6.07) is 8.08. The molecule has 0 bridgehead atoms. The predicted molar refractivity (Wildman–Crippen MR) is 88.8 cm³/mol. The number of carbonyl (C=O) groups excluding carboxylic acids is 1. The van der Waals surface area contributed by atoms with E-state index >= 15 is 0 Å². The fourth-order valence-corrected chi connectivity index (χ4v) is 1.87. The Hall–Kier alpha value is -1.10. The molecular weight excluding hydrogens is 288 g/mol. The quantitative estimate of drug-likeness (QED) is 0.725. The molecule has 0 fully saturated rings. The molecule has 1 amide bonds. The Labute approximate surface area is 133 Å². The van der Waals surface area contributed by atoms with Crippen LogP contribution in [0, 0.1) is 0 Å². The van der Waals surface area contributed by atoms with Crippen LogP contribution in [0.1, 0.15) is 50.3 Å². The van der Waals surface area contributed by atoms with Crippen LogP contribution in [0.3, 0.4) is 0 Å². The van der Waals surface area contributed by atoms with Crippen LogP contribution in [0.25, 0.3) is 0 Å². The van der Waals surface area contributed by atoms with Crippen molar-refractivity contribution in [1.82, 2.24) is 5.32 Å². The molecule has 1 unspecified atom stereocenters.